The first kappa shape index (κ1) is 19.1. The molecule has 0 spiro atoms. The summed E-state index contributed by atoms with van der Waals surface area (Å²) in [7, 11) is 0. The summed E-state index contributed by atoms with van der Waals surface area (Å²) in [4.78, 5) is 16.2. The van der Waals surface area contributed by atoms with Gasteiger partial charge in [0, 0.05) is 6.04 Å². The minimum absolute atomic E-state index is 0.0307. The summed E-state index contributed by atoms with van der Waals surface area (Å²) in [5, 5.41) is 21.9. The fraction of sp³-hybridized carbons (Fsp3) is 0.375. The standard InChI is InChI=1S/C16H18ClFN6O3/c17-11-8-10(6-7-12(11)18)19-14(22-26)13-15(24-27-23-13)21-16(25)20-9-4-2-1-3-5-9/h6-9,26H,1-5H2,(H,19,22)(H2,20,21,24,25). The van der Waals surface area contributed by atoms with Crippen LogP contribution in [-0.2, 0) is 0 Å². The van der Waals surface area contributed by atoms with Crippen LogP contribution in [0.3, 0.4) is 0 Å². The third-order valence-corrected chi connectivity index (χ3v) is 4.42. The molecule has 0 atom stereocenters. The lowest BCUT2D eigenvalue weighted by molar-refractivity contribution is 0.234. The molecule has 11 heteroatoms. The minimum Gasteiger partial charge on any atom is -0.335 e. The van der Waals surface area contributed by atoms with E-state index in [9.17, 15) is 14.4 Å². The highest BCUT2D eigenvalue weighted by atomic mass is 35.5. The Balaban J connectivity index is 1.74. The summed E-state index contributed by atoms with van der Waals surface area (Å²) in [6, 6.07) is 3.40. The maximum Gasteiger partial charge on any atom is 0.320 e. The molecule has 27 heavy (non-hydrogen) atoms. The fourth-order valence-electron chi connectivity index (χ4n) is 2.82. The second kappa shape index (κ2) is 8.78. The van der Waals surface area contributed by atoms with Gasteiger partial charge >= 0.3 is 6.03 Å². The Kier molecular flexibility index (Phi) is 6.20. The smallest absolute Gasteiger partial charge is 0.320 e. The third kappa shape index (κ3) is 4.92. The van der Waals surface area contributed by atoms with Crippen molar-refractivity contribution in [2.75, 3.05) is 5.32 Å². The van der Waals surface area contributed by atoms with Crippen molar-refractivity contribution in [1.82, 2.24) is 21.1 Å². The van der Waals surface area contributed by atoms with Gasteiger partial charge in [-0.1, -0.05) is 30.9 Å². The molecule has 1 aliphatic rings. The van der Waals surface area contributed by atoms with Crippen LogP contribution in [0.25, 0.3) is 0 Å². The first-order valence-corrected chi connectivity index (χ1v) is 8.79. The number of amidine groups is 1. The number of rotatable bonds is 4. The van der Waals surface area contributed by atoms with E-state index in [2.05, 4.69) is 30.6 Å². The number of nitrogens with zero attached hydrogens (tertiary/aromatic N) is 3. The molecule has 3 rings (SSSR count). The Morgan fingerprint density at radius 1 is 1.30 bits per heavy atom. The van der Waals surface area contributed by atoms with E-state index in [0.717, 1.165) is 31.7 Å². The molecule has 1 saturated carbocycles. The number of aromatic nitrogens is 2. The zero-order chi connectivity index (χ0) is 19.2. The topological polar surface area (TPSA) is 125 Å². The lowest BCUT2D eigenvalue weighted by Gasteiger charge is -2.22. The monoisotopic (exact) mass is 396 g/mol. The predicted octanol–water partition coefficient (Wildman–Crippen LogP) is 3.37. The molecule has 1 aliphatic carbocycles. The van der Waals surface area contributed by atoms with Crippen molar-refractivity contribution in [3.8, 4) is 0 Å². The van der Waals surface area contributed by atoms with Gasteiger partial charge in [-0.2, -0.15) is 0 Å². The Morgan fingerprint density at radius 2 is 2.07 bits per heavy atom. The van der Waals surface area contributed by atoms with Crippen LogP contribution in [0, 0.1) is 5.82 Å². The average Bonchev–Trinajstić information content (AvgIpc) is 3.11. The molecule has 144 valence electrons. The van der Waals surface area contributed by atoms with Crippen LogP contribution >= 0.6 is 11.6 Å². The van der Waals surface area contributed by atoms with Crippen LogP contribution < -0.4 is 16.1 Å². The Labute approximate surface area is 158 Å². The summed E-state index contributed by atoms with van der Waals surface area (Å²) in [6.07, 6.45) is 5.17. The Hall–Kier alpha value is -2.72. The van der Waals surface area contributed by atoms with Gasteiger partial charge in [0.2, 0.25) is 5.82 Å². The second-order valence-corrected chi connectivity index (χ2v) is 6.47. The fourth-order valence-corrected chi connectivity index (χ4v) is 2.99. The minimum atomic E-state index is -0.598. The molecule has 1 heterocycles. The number of hydroxylamine groups is 1. The van der Waals surface area contributed by atoms with E-state index in [-0.39, 0.29) is 34.1 Å². The van der Waals surface area contributed by atoms with Gasteiger partial charge in [-0.15, -0.1) is 0 Å². The van der Waals surface area contributed by atoms with Crippen LogP contribution in [0.15, 0.2) is 27.8 Å². The van der Waals surface area contributed by atoms with Crippen molar-refractivity contribution in [3.63, 3.8) is 0 Å². The number of anilines is 1. The number of amides is 2. The molecule has 0 aliphatic heterocycles. The van der Waals surface area contributed by atoms with Crippen LogP contribution in [0.1, 0.15) is 37.8 Å². The van der Waals surface area contributed by atoms with E-state index < -0.39 is 11.8 Å². The van der Waals surface area contributed by atoms with Gasteiger partial charge in [0.05, 0.1) is 10.7 Å². The maximum atomic E-state index is 13.3. The zero-order valence-electron chi connectivity index (χ0n) is 14.2. The Bertz CT molecular complexity index is 837. The third-order valence-electron chi connectivity index (χ3n) is 4.14. The van der Waals surface area contributed by atoms with E-state index >= 15 is 0 Å². The largest absolute Gasteiger partial charge is 0.335 e. The van der Waals surface area contributed by atoms with E-state index in [4.69, 9.17) is 11.6 Å². The van der Waals surface area contributed by atoms with Gasteiger partial charge in [-0.05, 0) is 41.4 Å². The SMILES string of the molecule is O=C(Nc1nonc1C(=Nc1ccc(F)c(Cl)c1)NO)NC1CCCCC1. The highest BCUT2D eigenvalue weighted by Crippen LogP contribution is 2.23. The molecule has 0 unspecified atom stereocenters. The summed E-state index contributed by atoms with van der Waals surface area (Å²) >= 11 is 5.72. The first-order chi connectivity index (χ1) is 13.1. The molecular formula is C16H18ClFN6O3. The zero-order valence-corrected chi connectivity index (χ0v) is 15.0. The molecule has 0 radical (unpaired) electrons. The molecule has 1 aromatic carbocycles. The van der Waals surface area contributed by atoms with Gasteiger partial charge in [-0.3, -0.25) is 16.0 Å². The van der Waals surface area contributed by atoms with Crippen LogP contribution in [-0.4, -0.2) is 33.4 Å². The van der Waals surface area contributed by atoms with Gasteiger partial charge in [-0.25, -0.2) is 18.8 Å². The summed E-state index contributed by atoms with van der Waals surface area (Å²) in [5.41, 5.74) is 2.08. The van der Waals surface area contributed by atoms with E-state index in [1.807, 2.05) is 5.48 Å². The van der Waals surface area contributed by atoms with Gasteiger partial charge < -0.3 is 5.32 Å². The molecule has 1 fully saturated rings. The molecule has 0 bridgehead atoms. The number of aliphatic imine (C=N–C) groups is 1. The first-order valence-electron chi connectivity index (χ1n) is 8.41. The van der Waals surface area contributed by atoms with E-state index in [1.54, 1.807) is 0 Å². The number of benzene rings is 1. The summed E-state index contributed by atoms with van der Waals surface area (Å²) in [5.74, 6) is -0.789. The number of carbonyl (C=O) groups excluding carboxylic acids is 1. The number of halogens is 2. The van der Waals surface area contributed by atoms with Crippen molar-refractivity contribution in [2.45, 2.75) is 38.1 Å². The van der Waals surface area contributed by atoms with Crippen molar-refractivity contribution >= 4 is 35.0 Å². The molecule has 0 saturated heterocycles. The number of nitrogens with one attached hydrogen (secondary N) is 3. The van der Waals surface area contributed by atoms with Crippen molar-refractivity contribution in [2.24, 2.45) is 4.99 Å². The van der Waals surface area contributed by atoms with Gasteiger partial charge in [0.15, 0.2) is 11.5 Å². The molecule has 4 N–H and O–H groups in total. The van der Waals surface area contributed by atoms with Crippen LogP contribution in [0.2, 0.25) is 5.02 Å². The van der Waals surface area contributed by atoms with E-state index in [0.29, 0.717) is 0 Å². The molecule has 9 nitrogen and oxygen atoms in total. The number of hydrogen-bond acceptors (Lipinski definition) is 6. The van der Waals surface area contributed by atoms with Gasteiger partial charge in [0.1, 0.15) is 5.82 Å². The number of hydrogen-bond donors (Lipinski definition) is 4. The highest BCUT2D eigenvalue weighted by molar-refractivity contribution is 6.31. The lowest BCUT2D eigenvalue weighted by atomic mass is 9.96. The number of carbonyl (C=O) groups is 1. The molecule has 2 aromatic rings. The quantitative estimate of drug-likeness (QED) is 0.356. The van der Waals surface area contributed by atoms with Crippen LogP contribution in [0.5, 0.6) is 0 Å². The predicted molar refractivity (Wildman–Crippen MR) is 95.9 cm³/mol. The molecular weight excluding hydrogens is 379 g/mol. The summed E-state index contributed by atoms with van der Waals surface area (Å²) < 4.78 is 17.9. The number of urea groups is 1. The van der Waals surface area contributed by atoms with Crippen LogP contribution in [0.4, 0.5) is 20.7 Å². The second-order valence-electron chi connectivity index (χ2n) is 6.07. The Morgan fingerprint density at radius 3 is 2.78 bits per heavy atom. The van der Waals surface area contributed by atoms with E-state index in [1.165, 1.54) is 18.6 Å². The van der Waals surface area contributed by atoms with Gasteiger partial charge in [0.25, 0.3) is 0 Å². The van der Waals surface area contributed by atoms with Crippen molar-refractivity contribution in [3.05, 3.63) is 34.7 Å². The summed E-state index contributed by atoms with van der Waals surface area (Å²) in [6.45, 7) is 0. The van der Waals surface area contributed by atoms with Crippen molar-refractivity contribution in [1.29, 1.82) is 0 Å². The highest BCUT2D eigenvalue weighted by Gasteiger charge is 2.21. The molecule has 2 amide bonds. The maximum absolute atomic E-state index is 13.3. The lowest BCUT2D eigenvalue weighted by Crippen LogP contribution is -2.39. The average molecular weight is 397 g/mol. The molecule has 1 aromatic heterocycles. The normalized spacial score (nSPS) is 15.4. The van der Waals surface area contributed by atoms with Crippen molar-refractivity contribution < 1.29 is 19.0 Å².